The molecule has 1 unspecified atom stereocenters. The van der Waals surface area contributed by atoms with Crippen molar-refractivity contribution in [2.45, 2.75) is 6.04 Å². The summed E-state index contributed by atoms with van der Waals surface area (Å²) in [6.07, 6.45) is 0. The Kier molecular flexibility index (Phi) is 3.76. The lowest BCUT2D eigenvalue weighted by Gasteiger charge is -2.23. The first kappa shape index (κ1) is 13.0. The largest absolute Gasteiger partial charge is 0.478 e. The molecule has 1 heterocycles. The van der Waals surface area contributed by atoms with Gasteiger partial charge in [0.05, 0.1) is 12.1 Å². The third kappa shape index (κ3) is 3.29. The van der Waals surface area contributed by atoms with Crippen LogP contribution in [0.5, 0.6) is 0 Å². The normalized spacial score (nSPS) is 18.5. The third-order valence-corrected chi connectivity index (χ3v) is 2.73. The van der Waals surface area contributed by atoms with Crippen LogP contribution in [0.1, 0.15) is 10.4 Å². The van der Waals surface area contributed by atoms with Crippen LogP contribution in [0.4, 0.5) is 5.69 Å². The van der Waals surface area contributed by atoms with Crippen LogP contribution >= 0.6 is 0 Å². The Morgan fingerprint density at radius 2 is 1.95 bits per heavy atom. The molecule has 1 aromatic rings. The molecular weight excluding hydrogens is 250 g/mol. The molecule has 0 radical (unpaired) electrons. The molecule has 1 fully saturated rings. The highest BCUT2D eigenvalue weighted by Crippen LogP contribution is 2.10. The third-order valence-electron chi connectivity index (χ3n) is 2.73. The molecule has 1 atom stereocenters. The Morgan fingerprint density at radius 3 is 2.47 bits per heavy atom. The fourth-order valence-electron chi connectivity index (χ4n) is 1.68. The zero-order valence-electron chi connectivity index (χ0n) is 9.97. The number of benzene rings is 1. The lowest BCUT2D eigenvalue weighted by molar-refractivity contribution is -0.124. The maximum absolute atomic E-state index is 11.9. The number of aromatic carboxylic acids is 1. The second kappa shape index (κ2) is 5.49. The molecule has 7 heteroatoms. The molecule has 0 spiro atoms. The molecule has 2 rings (SSSR count). The molecule has 19 heavy (non-hydrogen) atoms. The molecule has 0 saturated carbocycles. The zero-order valence-corrected chi connectivity index (χ0v) is 9.97. The predicted molar refractivity (Wildman–Crippen MR) is 66.8 cm³/mol. The van der Waals surface area contributed by atoms with Crippen LogP contribution in [0.3, 0.4) is 0 Å². The number of amides is 2. The maximum Gasteiger partial charge on any atom is 0.335 e. The van der Waals surface area contributed by atoms with E-state index in [1.165, 1.54) is 24.3 Å². The van der Waals surface area contributed by atoms with Crippen molar-refractivity contribution in [3.8, 4) is 0 Å². The van der Waals surface area contributed by atoms with Crippen molar-refractivity contribution in [2.24, 2.45) is 0 Å². The van der Waals surface area contributed by atoms with Gasteiger partial charge in [-0.05, 0) is 24.3 Å². The number of hydrogen-bond donors (Lipinski definition) is 4. The number of carboxylic acids is 1. The Hall–Kier alpha value is -2.41. The van der Waals surface area contributed by atoms with E-state index in [4.69, 9.17) is 5.11 Å². The van der Waals surface area contributed by atoms with E-state index in [0.29, 0.717) is 5.69 Å². The van der Waals surface area contributed by atoms with Crippen molar-refractivity contribution < 1.29 is 19.5 Å². The summed E-state index contributed by atoms with van der Waals surface area (Å²) in [6, 6.07) is 5.37. The van der Waals surface area contributed by atoms with Gasteiger partial charge >= 0.3 is 5.97 Å². The summed E-state index contributed by atoms with van der Waals surface area (Å²) in [6.45, 7) is 0.341. The van der Waals surface area contributed by atoms with Crippen molar-refractivity contribution in [3.05, 3.63) is 29.8 Å². The van der Waals surface area contributed by atoms with Gasteiger partial charge in [0.1, 0.15) is 6.04 Å². The zero-order chi connectivity index (χ0) is 13.8. The molecule has 1 saturated heterocycles. The summed E-state index contributed by atoms with van der Waals surface area (Å²) in [5.74, 6) is -1.44. The summed E-state index contributed by atoms with van der Waals surface area (Å²) in [5, 5.41) is 16.8. The van der Waals surface area contributed by atoms with E-state index in [9.17, 15) is 14.4 Å². The van der Waals surface area contributed by atoms with Crippen molar-refractivity contribution in [1.29, 1.82) is 0 Å². The van der Waals surface area contributed by atoms with E-state index in [1.807, 2.05) is 0 Å². The fourth-order valence-corrected chi connectivity index (χ4v) is 1.68. The molecule has 1 aliphatic rings. The average Bonchev–Trinajstić information content (AvgIpc) is 2.40. The van der Waals surface area contributed by atoms with Gasteiger partial charge in [-0.2, -0.15) is 0 Å². The number of nitrogens with one attached hydrogen (secondary N) is 3. The van der Waals surface area contributed by atoms with Crippen LogP contribution in [0.15, 0.2) is 24.3 Å². The molecule has 0 aromatic heterocycles. The fraction of sp³-hybridized carbons (Fsp3) is 0.250. The van der Waals surface area contributed by atoms with Gasteiger partial charge in [0.2, 0.25) is 11.8 Å². The number of hydrogen-bond acceptors (Lipinski definition) is 4. The van der Waals surface area contributed by atoms with E-state index >= 15 is 0 Å². The highest BCUT2D eigenvalue weighted by atomic mass is 16.4. The molecule has 4 N–H and O–H groups in total. The molecule has 1 aliphatic heterocycles. The van der Waals surface area contributed by atoms with Crippen LogP contribution in [-0.2, 0) is 9.59 Å². The van der Waals surface area contributed by atoms with Crippen LogP contribution in [0.2, 0.25) is 0 Å². The van der Waals surface area contributed by atoms with E-state index < -0.39 is 12.0 Å². The average molecular weight is 263 g/mol. The second-order valence-corrected chi connectivity index (χ2v) is 4.11. The summed E-state index contributed by atoms with van der Waals surface area (Å²) in [5.41, 5.74) is 0.662. The van der Waals surface area contributed by atoms with Gasteiger partial charge in [0, 0.05) is 12.2 Å². The first-order valence-electron chi connectivity index (χ1n) is 5.70. The van der Waals surface area contributed by atoms with Crippen LogP contribution in [0.25, 0.3) is 0 Å². The smallest absolute Gasteiger partial charge is 0.335 e. The minimum atomic E-state index is -1.02. The van der Waals surface area contributed by atoms with E-state index in [1.54, 1.807) is 0 Å². The molecule has 7 nitrogen and oxygen atoms in total. The summed E-state index contributed by atoms with van der Waals surface area (Å²) >= 11 is 0. The summed E-state index contributed by atoms with van der Waals surface area (Å²) < 4.78 is 0. The lowest BCUT2D eigenvalue weighted by atomic mass is 10.2. The molecule has 0 aliphatic carbocycles. The number of piperazine rings is 1. The highest BCUT2D eigenvalue weighted by Gasteiger charge is 2.23. The quantitative estimate of drug-likeness (QED) is 0.583. The monoisotopic (exact) mass is 263 g/mol. The van der Waals surface area contributed by atoms with Crippen LogP contribution in [-0.4, -0.2) is 42.0 Å². The Bertz CT molecular complexity index is 502. The number of carbonyl (C=O) groups excluding carboxylic acids is 2. The molecule has 0 bridgehead atoms. The van der Waals surface area contributed by atoms with E-state index in [0.717, 1.165) is 0 Å². The van der Waals surface area contributed by atoms with Crippen LogP contribution < -0.4 is 16.0 Å². The van der Waals surface area contributed by atoms with Gasteiger partial charge in [0.15, 0.2) is 0 Å². The molecular formula is C12H13N3O4. The Labute approximate surface area is 109 Å². The molecule has 100 valence electrons. The van der Waals surface area contributed by atoms with Crippen molar-refractivity contribution >= 4 is 23.5 Å². The topological polar surface area (TPSA) is 108 Å². The van der Waals surface area contributed by atoms with E-state index in [2.05, 4.69) is 16.0 Å². The van der Waals surface area contributed by atoms with Gasteiger partial charge in [-0.15, -0.1) is 0 Å². The van der Waals surface area contributed by atoms with Crippen molar-refractivity contribution in [2.75, 3.05) is 18.4 Å². The minimum Gasteiger partial charge on any atom is -0.478 e. The number of carbonyl (C=O) groups is 3. The Morgan fingerprint density at radius 1 is 1.26 bits per heavy atom. The van der Waals surface area contributed by atoms with Crippen molar-refractivity contribution in [1.82, 2.24) is 10.6 Å². The standard InChI is InChI=1S/C12H13N3O4/c16-10-6-13-9(5-14-10)11(17)15-8-3-1-7(2-4-8)12(18)19/h1-4,9,13H,5-6H2,(H,14,16)(H,15,17)(H,18,19). The van der Waals surface area contributed by atoms with Gasteiger partial charge in [0.25, 0.3) is 0 Å². The van der Waals surface area contributed by atoms with Gasteiger partial charge < -0.3 is 15.7 Å². The molecule has 2 amide bonds. The number of carboxylic acid groups (broad SMARTS) is 1. The highest BCUT2D eigenvalue weighted by molar-refractivity contribution is 5.97. The SMILES string of the molecule is O=C1CNC(C(=O)Nc2ccc(C(=O)O)cc2)CN1. The second-order valence-electron chi connectivity index (χ2n) is 4.11. The predicted octanol–water partition coefficient (Wildman–Crippen LogP) is -0.589. The molecule has 1 aromatic carbocycles. The maximum atomic E-state index is 11.9. The number of anilines is 1. The summed E-state index contributed by atoms with van der Waals surface area (Å²) in [7, 11) is 0. The first-order valence-corrected chi connectivity index (χ1v) is 5.70. The van der Waals surface area contributed by atoms with Gasteiger partial charge in [-0.25, -0.2) is 4.79 Å². The van der Waals surface area contributed by atoms with Gasteiger partial charge in [-0.1, -0.05) is 0 Å². The lowest BCUT2D eigenvalue weighted by Crippen LogP contribution is -2.56. The van der Waals surface area contributed by atoms with Gasteiger partial charge in [-0.3, -0.25) is 14.9 Å². The van der Waals surface area contributed by atoms with Crippen LogP contribution in [0, 0.1) is 0 Å². The first-order chi connectivity index (χ1) is 9.06. The van der Waals surface area contributed by atoms with Crippen molar-refractivity contribution in [3.63, 3.8) is 0 Å². The minimum absolute atomic E-state index is 0.107. The van der Waals surface area contributed by atoms with E-state index in [-0.39, 0.29) is 30.5 Å². The summed E-state index contributed by atoms with van der Waals surface area (Å²) in [4.78, 5) is 33.5. The Balaban J connectivity index is 1.95. The number of rotatable bonds is 3.